The highest BCUT2D eigenvalue weighted by Gasteiger charge is 2.16. The van der Waals surface area contributed by atoms with Crippen LogP contribution in [0.3, 0.4) is 0 Å². The van der Waals surface area contributed by atoms with Crippen molar-refractivity contribution < 1.29 is 9.53 Å². The van der Waals surface area contributed by atoms with Gasteiger partial charge in [-0.3, -0.25) is 4.79 Å². The third kappa shape index (κ3) is 4.73. The Kier molecular flexibility index (Phi) is 5.72. The Morgan fingerprint density at radius 1 is 1.08 bits per heavy atom. The third-order valence-corrected chi connectivity index (χ3v) is 4.29. The zero-order chi connectivity index (χ0) is 16.8. The predicted octanol–water partition coefficient (Wildman–Crippen LogP) is 2.89. The van der Waals surface area contributed by atoms with Gasteiger partial charge in [-0.25, -0.2) is 0 Å². The first kappa shape index (κ1) is 16.8. The second-order valence-corrected chi connectivity index (χ2v) is 6.31. The average Bonchev–Trinajstić information content (AvgIpc) is 2.62. The Morgan fingerprint density at radius 2 is 1.83 bits per heavy atom. The van der Waals surface area contributed by atoms with Crippen LogP contribution in [-0.4, -0.2) is 37.0 Å². The minimum atomic E-state index is 0.173. The molecule has 1 amide bonds. The maximum Gasteiger partial charge on any atom is 0.227 e. The number of ether oxygens (including phenoxy) is 1. The van der Waals surface area contributed by atoms with E-state index in [1.807, 2.05) is 53.4 Å². The Hall–Kier alpha value is -2.04. The number of nitrogens with one attached hydrogen (secondary N) is 1. The summed E-state index contributed by atoms with van der Waals surface area (Å²) >= 11 is 5.88. The molecular formula is C19H21ClN2O2. The summed E-state index contributed by atoms with van der Waals surface area (Å²) in [5.41, 5.74) is 2.04. The zero-order valence-electron chi connectivity index (χ0n) is 13.5. The number of halogens is 1. The van der Waals surface area contributed by atoms with Crippen LogP contribution in [0.15, 0.2) is 48.5 Å². The molecule has 2 aromatic carbocycles. The van der Waals surface area contributed by atoms with Crippen molar-refractivity contribution in [2.75, 3.05) is 26.2 Å². The molecule has 5 heteroatoms. The van der Waals surface area contributed by atoms with Gasteiger partial charge in [0.15, 0.2) is 0 Å². The van der Waals surface area contributed by atoms with E-state index in [4.69, 9.17) is 16.3 Å². The number of carbonyl (C=O) groups is 1. The number of hydrogen-bond acceptors (Lipinski definition) is 3. The van der Waals surface area contributed by atoms with Gasteiger partial charge in [-0.15, -0.1) is 0 Å². The minimum Gasteiger partial charge on any atom is -0.489 e. The Labute approximate surface area is 147 Å². The summed E-state index contributed by atoms with van der Waals surface area (Å²) < 4.78 is 5.82. The van der Waals surface area contributed by atoms with E-state index in [0.717, 1.165) is 43.1 Å². The van der Waals surface area contributed by atoms with Crippen LogP contribution in [0.5, 0.6) is 5.75 Å². The number of amides is 1. The highest BCUT2D eigenvalue weighted by Crippen LogP contribution is 2.17. The van der Waals surface area contributed by atoms with Crippen molar-refractivity contribution in [1.82, 2.24) is 10.2 Å². The second kappa shape index (κ2) is 8.18. The number of nitrogens with zero attached hydrogens (tertiary/aromatic N) is 1. The monoisotopic (exact) mass is 344 g/mol. The largest absolute Gasteiger partial charge is 0.489 e. The lowest BCUT2D eigenvalue weighted by atomic mass is 10.1. The molecule has 0 unspecified atom stereocenters. The molecule has 1 N–H and O–H groups in total. The molecule has 0 atom stereocenters. The first-order chi connectivity index (χ1) is 11.7. The van der Waals surface area contributed by atoms with E-state index in [1.165, 1.54) is 0 Å². The van der Waals surface area contributed by atoms with Gasteiger partial charge >= 0.3 is 0 Å². The van der Waals surface area contributed by atoms with Crippen molar-refractivity contribution in [1.29, 1.82) is 0 Å². The van der Waals surface area contributed by atoms with Crippen LogP contribution in [0.4, 0.5) is 0 Å². The summed E-state index contributed by atoms with van der Waals surface area (Å²) in [4.78, 5) is 14.2. The summed E-state index contributed by atoms with van der Waals surface area (Å²) in [5, 5.41) is 3.97. The zero-order valence-corrected chi connectivity index (χ0v) is 14.3. The number of rotatable bonds is 5. The van der Waals surface area contributed by atoms with Crippen molar-refractivity contribution in [2.24, 2.45) is 0 Å². The number of hydrogen-bond donors (Lipinski definition) is 1. The summed E-state index contributed by atoms with van der Waals surface area (Å²) in [6.07, 6.45) is 0.415. The SMILES string of the molecule is O=C(Cc1cccc(OCc2ccc(Cl)cc2)c1)N1CCNCC1. The molecule has 2 aromatic rings. The lowest BCUT2D eigenvalue weighted by Crippen LogP contribution is -2.46. The molecule has 1 fully saturated rings. The fraction of sp³-hybridized carbons (Fsp3) is 0.316. The van der Waals surface area contributed by atoms with Gasteiger partial charge in [0.2, 0.25) is 5.91 Å². The topological polar surface area (TPSA) is 41.6 Å². The van der Waals surface area contributed by atoms with Crippen molar-refractivity contribution in [2.45, 2.75) is 13.0 Å². The van der Waals surface area contributed by atoms with E-state index >= 15 is 0 Å². The maximum atomic E-state index is 12.3. The minimum absolute atomic E-state index is 0.173. The van der Waals surface area contributed by atoms with E-state index in [0.29, 0.717) is 18.1 Å². The van der Waals surface area contributed by atoms with Crippen LogP contribution in [0.1, 0.15) is 11.1 Å². The Morgan fingerprint density at radius 3 is 2.58 bits per heavy atom. The average molecular weight is 345 g/mol. The molecule has 3 rings (SSSR count). The van der Waals surface area contributed by atoms with Gasteiger partial charge in [0, 0.05) is 31.2 Å². The van der Waals surface area contributed by atoms with Crippen LogP contribution in [0.2, 0.25) is 5.02 Å². The number of piperazine rings is 1. The van der Waals surface area contributed by atoms with Gasteiger partial charge in [-0.2, -0.15) is 0 Å². The maximum absolute atomic E-state index is 12.3. The second-order valence-electron chi connectivity index (χ2n) is 5.87. The van der Waals surface area contributed by atoms with E-state index in [-0.39, 0.29) is 5.91 Å². The number of carbonyl (C=O) groups excluding carboxylic acids is 1. The first-order valence-electron chi connectivity index (χ1n) is 8.15. The molecule has 1 saturated heterocycles. The molecule has 0 aliphatic carbocycles. The molecule has 0 bridgehead atoms. The van der Waals surface area contributed by atoms with E-state index in [2.05, 4.69) is 5.32 Å². The molecule has 1 aliphatic rings. The van der Waals surface area contributed by atoms with Gasteiger partial charge in [-0.05, 0) is 35.4 Å². The third-order valence-electron chi connectivity index (χ3n) is 4.04. The lowest BCUT2D eigenvalue weighted by molar-refractivity contribution is -0.131. The predicted molar refractivity (Wildman–Crippen MR) is 95.4 cm³/mol. The van der Waals surface area contributed by atoms with Crippen molar-refractivity contribution in [3.63, 3.8) is 0 Å². The normalized spacial score (nSPS) is 14.5. The molecule has 0 aromatic heterocycles. The first-order valence-corrected chi connectivity index (χ1v) is 8.53. The van der Waals surface area contributed by atoms with E-state index in [9.17, 15) is 4.79 Å². The molecule has 0 radical (unpaired) electrons. The van der Waals surface area contributed by atoms with Crippen LogP contribution in [-0.2, 0) is 17.8 Å². The molecule has 1 heterocycles. The van der Waals surface area contributed by atoms with Gasteiger partial charge in [0.05, 0.1) is 6.42 Å². The lowest BCUT2D eigenvalue weighted by Gasteiger charge is -2.27. The quantitative estimate of drug-likeness (QED) is 0.906. The smallest absolute Gasteiger partial charge is 0.227 e. The standard InChI is InChI=1S/C19H21ClN2O2/c20-17-6-4-15(5-7-17)14-24-18-3-1-2-16(12-18)13-19(23)22-10-8-21-9-11-22/h1-7,12,21H,8-11,13-14H2. The molecule has 24 heavy (non-hydrogen) atoms. The Balaban J connectivity index is 1.57. The molecule has 0 saturated carbocycles. The summed E-state index contributed by atoms with van der Waals surface area (Å²) in [6.45, 7) is 3.79. The van der Waals surface area contributed by atoms with Gasteiger partial charge in [0.1, 0.15) is 12.4 Å². The summed E-state index contributed by atoms with van der Waals surface area (Å²) in [6, 6.07) is 15.3. The summed E-state index contributed by atoms with van der Waals surface area (Å²) in [7, 11) is 0. The fourth-order valence-electron chi connectivity index (χ4n) is 2.69. The molecule has 0 spiro atoms. The van der Waals surface area contributed by atoms with Crippen LogP contribution in [0, 0.1) is 0 Å². The molecular weight excluding hydrogens is 324 g/mol. The van der Waals surface area contributed by atoms with Crippen LogP contribution < -0.4 is 10.1 Å². The van der Waals surface area contributed by atoms with E-state index < -0.39 is 0 Å². The number of benzene rings is 2. The highest BCUT2D eigenvalue weighted by atomic mass is 35.5. The van der Waals surface area contributed by atoms with E-state index in [1.54, 1.807) is 0 Å². The highest BCUT2D eigenvalue weighted by molar-refractivity contribution is 6.30. The van der Waals surface area contributed by atoms with Gasteiger partial charge in [0.25, 0.3) is 0 Å². The van der Waals surface area contributed by atoms with Crippen molar-refractivity contribution in [3.05, 3.63) is 64.7 Å². The summed E-state index contributed by atoms with van der Waals surface area (Å²) in [5.74, 6) is 0.946. The molecule has 1 aliphatic heterocycles. The van der Waals surface area contributed by atoms with Crippen molar-refractivity contribution >= 4 is 17.5 Å². The van der Waals surface area contributed by atoms with Crippen molar-refractivity contribution in [3.8, 4) is 5.75 Å². The van der Waals surface area contributed by atoms with Crippen LogP contribution in [0.25, 0.3) is 0 Å². The Bertz CT molecular complexity index is 682. The van der Waals surface area contributed by atoms with Crippen LogP contribution >= 0.6 is 11.6 Å². The van der Waals surface area contributed by atoms with Gasteiger partial charge < -0.3 is 15.0 Å². The van der Waals surface area contributed by atoms with Gasteiger partial charge in [-0.1, -0.05) is 35.9 Å². The fourth-order valence-corrected chi connectivity index (χ4v) is 2.82. The molecule has 126 valence electrons. The molecule has 4 nitrogen and oxygen atoms in total.